The van der Waals surface area contributed by atoms with Gasteiger partial charge in [0.05, 0.1) is 17.7 Å². The minimum Gasteiger partial charge on any atom is -0.348 e. The predicted molar refractivity (Wildman–Crippen MR) is 113 cm³/mol. The summed E-state index contributed by atoms with van der Waals surface area (Å²) in [7, 11) is 0. The maximum atomic E-state index is 4.77. The summed E-state index contributed by atoms with van der Waals surface area (Å²) in [5.74, 6) is 3.48. The van der Waals surface area contributed by atoms with Crippen molar-refractivity contribution in [2.75, 3.05) is 0 Å². The van der Waals surface area contributed by atoms with E-state index in [-0.39, 0.29) is 0 Å². The molecule has 0 aliphatic heterocycles. The third kappa shape index (κ3) is 4.72. The van der Waals surface area contributed by atoms with Crippen molar-refractivity contribution in [3.63, 3.8) is 0 Å². The van der Waals surface area contributed by atoms with Gasteiger partial charge in [-0.05, 0) is 38.5 Å². The summed E-state index contributed by atoms with van der Waals surface area (Å²) < 4.78 is 0. The molecule has 0 radical (unpaired) electrons. The maximum absolute atomic E-state index is 4.77. The molecule has 0 amide bonds. The van der Waals surface area contributed by atoms with Crippen LogP contribution in [0.3, 0.4) is 0 Å². The van der Waals surface area contributed by atoms with Crippen LogP contribution in [0.15, 0.2) is 12.5 Å². The number of rotatable bonds is 9. The van der Waals surface area contributed by atoms with Crippen LogP contribution < -0.4 is 0 Å². The molecule has 0 fully saturated rings. The van der Waals surface area contributed by atoms with Crippen LogP contribution in [0.4, 0.5) is 0 Å². The molecule has 0 spiro atoms. The Balaban J connectivity index is 1.51. The Morgan fingerprint density at radius 2 is 1.54 bits per heavy atom. The third-order valence-corrected chi connectivity index (χ3v) is 5.66. The van der Waals surface area contributed by atoms with E-state index < -0.39 is 0 Å². The molecule has 28 heavy (non-hydrogen) atoms. The molecule has 2 unspecified atom stereocenters. The second-order valence-electron chi connectivity index (χ2n) is 8.43. The lowest BCUT2D eigenvalue weighted by atomic mass is 10.0. The van der Waals surface area contributed by atoms with Crippen molar-refractivity contribution in [2.24, 2.45) is 0 Å². The Bertz CT molecular complexity index is 885. The number of hydrogen-bond donors (Lipinski definition) is 3. The number of aromatic amines is 3. The van der Waals surface area contributed by atoms with Gasteiger partial charge in [0.2, 0.25) is 0 Å². The highest BCUT2D eigenvalue weighted by molar-refractivity contribution is 5.17. The Kier molecular flexibility index (Phi) is 6.37. The van der Waals surface area contributed by atoms with Crippen LogP contribution in [0.1, 0.15) is 98.4 Å². The number of nitrogens with zero attached hydrogens (tertiary/aromatic N) is 3. The molecular weight excluding hydrogens is 348 g/mol. The molecule has 0 aromatic carbocycles. The quantitative estimate of drug-likeness (QED) is 0.483. The van der Waals surface area contributed by atoms with Crippen molar-refractivity contribution in [1.82, 2.24) is 29.9 Å². The Morgan fingerprint density at radius 3 is 2.18 bits per heavy atom. The molecule has 0 saturated carbocycles. The summed E-state index contributed by atoms with van der Waals surface area (Å²) >= 11 is 0. The fourth-order valence-corrected chi connectivity index (χ4v) is 3.84. The average molecular weight is 383 g/mol. The van der Waals surface area contributed by atoms with Crippen molar-refractivity contribution in [3.8, 4) is 0 Å². The summed E-state index contributed by atoms with van der Waals surface area (Å²) in [6.07, 6.45) is 7.76. The van der Waals surface area contributed by atoms with Crippen molar-refractivity contribution in [1.29, 1.82) is 0 Å². The van der Waals surface area contributed by atoms with Crippen molar-refractivity contribution in [3.05, 3.63) is 52.6 Å². The first-order valence-electron chi connectivity index (χ1n) is 10.4. The van der Waals surface area contributed by atoms with Gasteiger partial charge in [0.15, 0.2) is 0 Å². The van der Waals surface area contributed by atoms with E-state index in [0.29, 0.717) is 17.8 Å². The van der Waals surface area contributed by atoms with Gasteiger partial charge in [-0.2, -0.15) is 0 Å². The minimum atomic E-state index is 0.426. The number of imidazole rings is 3. The lowest BCUT2D eigenvalue weighted by molar-refractivity contribution is 0.632. The van der Waals surface area contributed by atoms with Crippen LogP contribution in [0, 0.1) is 13.8 Å². The molecule has 3 rings (SSSR count). The van der Waals surface area contributed by atoms with Gasteiger partial charge in [-0.1, -0.05) is 27.7 Å². The van der Waals surface area contributed by atoms with Crippen LogP contribution in [0.2, 0.25) is 0 Å². The van der Waals surface area contributed by atoms with Crippen molar-refractivity contribution >= 4 is 0 Å². The SMILES string of the molecule is Cc1[nH]c(CCC(C)c2cnc(CCC(C)c3nc[nH]c3C)[nH]2)nc1C(C)C. The number of aromatic nitrogens is 6. The Hall–Kier alpha value is -2.37. The van der Waals surface area contributed by atoms with E-state index in [1.807, 2.05) is 6.20 Å². The van der Waals surface area contributed by atoms with E-state index in [1.165, 1.54) is 17.1 Å². The summed E-state index contributed by atoms with van der Waals surface area (Å²) in [6, 6.07) is 0. The van der Waals surface area contributed by atoms with E-state index in [0.717, 1.165) is 48.7 Å². The molecule has 3 heterocycles. The first kappa shape index (κ1) is 20.4. The third-order valence-electron chi connectivity index (χ3n) is 5.66. The molecule has 0 bridgehead atoms. The zero-order valence-electron chi connectivity index (χ0n) is 18.1. The molecule has 6 heteroatoms. The van der Waals surface area contributed by atoms with Gasteiger partial charge in [0.25, 0.3) is 0 Å². The van der Waals surface area contributed by atoms with E-state index in [1.54, 1.807) is 6.33 Å². The normalized spacial score (nSPS) is 14.0. The maximum Gasteiger partial charge on any atom is 0.106 e. The highest BCUT2D eigenvalue weighted by atomic mass is 14.9. The monoisotopic (exact) mass is 382 g/mol. The first-order valence-corrected chi connectivity index (χ1v) is 10.4. The topological polar surface area (TPSA) is 86.0 Å². The van der Waals surface area contributed by atoms with Crippen molar-refractivity contribution < 1.29 is 0 Å². The molecule has 3 aromatic heterocycles. The number of H-pyrrole nitrogens is 3. The van der Waals surface area contributed by atoms with Gasteiger partial charge >= 0.3 is 0 Å². The van der Waals surface area contributed by atoms with Gasteiger partial charge in [-0.3, -0.25) is 0 Å². The molecular formula is C22H34N6. The molecule has 2 atom stereocenters. The van der Waals surface area contributed by atoms with Crippen LogP contribution in [0.25, 0.3) is 0 Å². The molecule has 0 saturated heterocycles. The van der Waals surface area contributed by atoms with E-state index in [9.17, 15) is 0 Å². The summed E-state index contributed by atoms with van der Waals surface area (Å²) in [4.78, 5) is 23.9. The number of nitrogens with one attached hydrogen (secondary N) is 3. The van der Waals surface area contributed by atoms with Gasteiger partial charge in [-0.15, -0.1) is 0 Å². The average Bonchev–Trinajstić information content (AvgIpc) is 3.37. The summed E-state index contributed by atoms with van der Waals surface area (Å²) in [6.45, 7) is 13.1. The van der Waals surface area contributed by atoms with E-state index in [4.69, 9.17) is 4.98 Å². The van der Waals surface area contributed by atoms with Gasteiger partial charge in [-0.25, -0.2) is 15.0 Å². The fourth-order valence-electron chi connectivity index (χ4n) is 3.84. The molecule has 3 aromatic rings. The number of hydrogen-bond acceptors (Lipinski definition) is 3. The van der Waals surface area contributed by atoms with E-state index in [2.05, 4.69) is 66.5 Å². The van der Waals surface area contributed by atoms with Crippen LogP contribution in [-0.2, 0) is 12.8 Å². The predicted octanol–water partition coefficient (Wildman–Crippen LogP) is 5.07. The molecule has 152 valence electrons. The lowest BCUT2D eigenvalue weighted by Crippen LogP contribution is -2.01. The smallest absolute Gasteiger partial charge is 0.106 e. The van der Waals surface area contributed by atoms with Crippen molar-refractivity contribution in [2.45, 2.75) is 85.0 Å². The van der Waals surface area contributed by atoms with Gasteiger partial charge < -0.3 is 15.0 Å². The molecule has 0 aliphatic rings. The molecule has 3 N–H and O–H groups in total. The minimum absolute atomic E-state index is 0.426. The lowest BCUT2D eigenvalue weighted by Gasteiger charge is -2.09. The summed E-state index contributed by atoms with van der Waals surface area (Å²) in [5, 5.41) is 0. The molecule has 0 aliphatic carbocycles. The first-order chi connectivity index (χ1) is 13.3. The Morgan fingerprint density at radius 1 is 0.821 bits per heavy atom. The number of aryl methyl sites for hydroxylation is 4. The van der Waals surface area contributed by atoms with Crippen LogP contribution in [-0.4, -0.2) is 29.9 Å². The molecule has 6 nitrogen and oxygen atoms in total. The second kappa shape index (κ2) is 8.76. The Labute approximate surface area is 168 Å². The fraction of sp³-hybridized carbons (Fsp3) is 0.591. The standard InChI is InChI=1S/C22H34N6/c1-13(2)21-17(6)26-20(28-21)10-7-14(3)18-11-23-19(27-18)9-8-15(4)22-16(5)24-12-25-22/h11-15H,7-10H2,1-6H3,(H,23,27)(H,24,25)(H,26,28). The largest absolute Gasteiger partial charge is 0.348 e. The van der Waals surface area contributed by atoms with E-state index >= 15 is 0 Å². The highest BCUT2D eigenvalue weighted by Gasteiger charge is 2.15. The van der Waals surface area contributed by atoms with Crippen LogP contribution in [0.5, 0.6) is 0 Å². The zero-order chi connectivity index (χ0) is 20.3. The van der Waals surface area contributed by atoms with Gasteiger partial charge in [0.1, 0.15) is 11.6 Å². The van der Waals surface area contributed by atoms with Gasteiger partial charge in [0, 0.05) is 42.0 Å². The second-order valence-corrected chi connectivity index (χ2v) is 8.43. The van der Waals surface area contributed by atoms with Crippen LogP contribution >= 0.6 is 0 Å². The zero-order valence-corrected chi connectivity index (χ0v) is 18.1. The highest BCUT2D eigenvalue weighted by Crippen LogP contribution is 2.23. The summed E-state index contributed by atoms with van der Waals surface area (Å²) in [5.41, 5.74) is 5.92.